The summed E-state index contributed by atoms with van der Waals surface area (Å²) in [5, 5.41) is 3.89. The minimum Gasteiger partial charge on any atom is -0.467 e. The Kier molecular flexibility index (Phi) is 5.18. The average Bonchev–Trinajstić information content (AvgIpc) is 2.46. The number of hydrogen-bond acceptors (Lipinski definition) is 6. The van der Waals surface area contributed by atoms with Crippen molar-refractivity contribution in [2.45, 2.75) is 0 Å². The third kappa shape index (κ3) is 3.92. The molecule has 0 spiro atoms. The first-order valence-corrected chi connectivity index (χ1v) is 6.79. The SMILES string of the molecule is COc1ncc(Cl)c(N(C)CCN2CCNCC2)n1. The first-order chi connectivity index (χ1) is 9.20. The van der Waals surface area contributed by atoms with Crippen LogP contribution in [0.25, 0.3) is 0 Å². The molecule has 0 amide bonds. The topological polar surface area (TPSA) is 53.5 Å². The van der Waals surface area contributed by atoms with Gasteiger partial charge in [-0.1, -0.05) is 11.6 Å². The summed E-state index contributed by atoms with van der Waals surface area (Å²) in [5.41, 5.74) is 0. The van der Waals surface area contributed by atoms with Crippen LogP contribution in [0.3, 0.4) is 0 Å². The van der Waals surface area contributed by atoms with Gasteiger partial charge >= 0.3 is 6.01 Å². The fourth-order valence-corrected chi connectivity index (χ4v) is 2.28. The number of hydrogen-bond donors (Lipinski definition) is 1. The molecule has 2 rings (SSSR count). The van der Waals surface area contributed by atoms with Crippen molar-refractivity contribution in [3.8, 4) is 6.01 Å². The van der Waals surface area contributed by atoms with Crippen LogP contribution in [0.1, 0.15) is 0 Å². The summed E-state index contributed by atoms with van der Waals surface area (Å²) in [5.74, 6) is 0.712. The molecule has 1 saturated heterocycles. The van der Waals surface area contributed by atoms with Crippen molar-refractivity contribution in [2.75, 3.05) is 58.3 Å². The second kappa shape index (κ2) is 6.88. The molecule has 0 bridgehead atoms. The zero-order valence-corrected chi connectivity index (χ0v) is 12.2. The molecule has 1 fully saturated rings. The molecule has 1 aromatic rings. The quantitative estimate of drug-likeness (QED) is 0.849. The second-order valence-corrected chi connectivity index (χ2v) is 4.95. The minimum absolute atomic E-state index is 0.341. The number of likely N-dealkylation sites (N-methyl/N-ethyl adjacent to an activating group) is 1. The van der Waals surface area contributed by atoms with E-state index >= 15 is 0 Å². The lowest BCUT2D eigenvalue weighted by atomic mass is 10.3. The highest BCUT2D eigenvalue weighted by Crippen LogP contribution is 2.23. The van der Waals surface area contributed by atoms with Crippen LogP contribution in [0.15, 0.2) is 6.20 Å². The number of halogens is 1. The highest BCUT2D eigenvalue weighted by Gasteiger charge is 2.13. The molecular weight excluding hydrogens is 266 g/mol. The van der Waals surface area contributed by atoms with Crippen LogP contribution < -0.4 is 15.0 Å². The van der Waals surface area contributed by atoms with Crippen LogP contribution in [0.5, 0.6) is 6.01 Å². The number of piperazine rings is 1. The molecular formula is C12H20ClN5O. The molecule has 1 N–H and O–H groups in total. The Morgan fingerprint density at radius 3 is 2.89 bits per heavy atom. The average molecular weight is 286 g/mol. The number of aromatic nitrogens is 2. The maximum absolute atomic E-state index is 6.12. The summed E-state index contributed by atoms with van der Waals surface area (Å²) in [7, 11) is 3.53. The minimum atomic E-state index is 0.341. The number of methoxy groups -OCH3 is 1. The van der Waals surface area contributed by atoms with Crippen molar-refractivity contribution in [2.24, 2.45) is 0 Å². The molecule has 1 aliphatic heterocycles. The van der Waals surface area contributed by atoms with Gasteiger partial charge in [0.2, 0.25) is 0 Å². The number of nitrogens with one attached hydrogen (secondary N) is 1. The lowest BCUT2D eigenvalue weighted by Crippen LogP contribution is -2.46. The van der Waals surface area contributed by atoms with E-state index in [0.29, 0.717) is 16.9 Å². The summed E-state index contributed by atoms with van der Waals surface area (Å²) in [4.78, 5) is 12.7. The Morgan fingerprint density at radius 1 is 1.47 bits per heavy atom. The molecule has 7 heteroatoms. The molecule has 19 heavy (non-hydrogen) atoms. The molecule has 2 heterocycles. The van der Waals surface area contributed by atoms with Crippen LogP contribution in [0, 0.1) is 0 Å². The Morgan fingerprint density at radius 2 is 2.21 bits per heavy atom. The van der Waals surface area contributed by atoms with E-state index in [9.17, 15) is 0 Å². The first kappa shape index (κ1) is 14.3. The first-order valence-electron chi connectivity index (χ1n) is 6.41. The van der Waals surface area contributed by atoms with Crippen molar-refractivity contribution in [1.29, 1.82) is 0 Å². The van der Waals surface area contributed by atoms with Crippen molar-refractivity contribution in [3.63, 3.8) is 0 Å². The molecule has 0 unspecified atom stereocenters. The van der Waals surface area contributed by atoms with Gasteiger partial charge in [-0.2, -0.15) is 4.98 Å². The van der Waals surface area contributed by atoms with Crippen LogP contribution in [-0.2, 0) is 0 Å². The molecule has 0 radical (unpaired) electrons. The standard InChI is InChI=1S/C12H20ClN5O/c1-17(7-8-18-5-3-14-4-6-18)11-10(13)9-15-12(16-11)19-2/h9,14H,3-8H2,1-2H3. The molecule has 106 valence electrons. The second-order valence-electron chi connectivity index (χ2n) is 4.54. The fourth-order valence-electron chi connectivity index (χ4n) is 2.04. The van der Waals surface area contributed by atoms with Gasteiger partial charge in [-0.15, -0.1) is 0 Å². The van der Waals surface area contributed by atoms with Gasteiger partial charge in [0.1, 0.15) is 5.02 Å². The molecule has 0 aromatic carbocycles. The van der Waals surface area contributed by atoms with Crippen molar-refractivity contribution < 1.29 is 4.74 Å². The molecule has 0 aliphatic carbocycles. The zero-order chi connectivity index (χ0) is 13.7. The van der Waals surface area contributed by atoms with E-state index in [4.69, 9.17) is 16.3 Å². The van der Waals surface area contributed by atoms with Gasteiger partial charge in [-0.3, -0.25) is 4.90 Å². The van der Waals surface area contributed by atoms with Gasteiger partial charge in [0.25, 0.3) is 0 Å². The molecule has 0 atom stereocenters. The van der Waals surface area contributed by atoms with E-state index in [1.54, 1.807) is 13.3 Å². The highest BCUT2D eigenvalue weighted by molar-refractivity contribution is 6.32. The lowest BCUT2D eigenvalue weighted by Gasteiger charge is -2.29. The Balaban J connectivity index is 1.93. The van der Waals surface area contributed by atoms with E-state index in [1.807, 2.05) is 11.9 Å². The van der Waals surface area contributed by atoms with Gasteiger partial charge < -0.3 is 15.0 Å². The molecule has 0 saturated carbocycles. The number of ether oxygens (including phenoxy) is 1. The van der Waals surface area contributed by atoms with Gasteiger partial charge in [-0.25, -0.2) is 4.98 Å². The van der Waals surface area contributed by atoms with Crippen LogP contribution >= 0.6 is 11.6 Å². The van der Waals surface area contributed by atoms with E-state index < -0.39 is 0 Å². The van der Waals surface area contributed by atoms with Gasteiger partial charge in [0.05, 0.1) is 13.3 Å². The zero-order valence-electron chi connectivity index (χ0n) is 11.4. The highest BCUT2D eigenvalue weighted by atomic mass is 35.5. The number of anilines is 1. The van der Waals surface area contributed by atoms with Crippen molar-refractivity contribution in [3.05, 3.63) is 11.2 Å². The summed E-state index contributed by atoms with van der Waals surface area (Å²) < 4.78 is 5.03. The van der Waals surface area contributed by atoms with Crippen molar-refractivity contribution in [1.82, 2.24) is 20.2 Å². The van der Waals surface area contributed by atoms with Gasteiger partial charge in [0, 0.05) is 46.3 Å². The predicted molar refractivity (Wildman–Crippen MR) is 76.2 cm³/mol. The van der Waals surface area contributed by atoms with E-state index in [0.717, 1.165) is 39.3 Å². The smallest absolute Gasteiger partial charge is 0.318 e. The third-order valence-electron chi connectivity index (χ3n) is 3.21. The van der Waals surface area contributed by atoms with Crippen LogP contribution in [-0.4, -0.2) is 68.3 Å². The molecule has 6 nitrogen and oxygen atoms in total. The summed E-state index contributed by atoms with van der Waals surface area (Å²) in [6, 6.07) is 0.341. The van der Waals surface area contributed by atoms with Crippen molar-refractivity contribution >= 4 is 17.4 Å². The van der Waals surface area contributed by atoms with E-state index in [1.165, 1.54) is 0 Å². The summed E-state index contributed by atoms with van der Waals surface area (Å²) >= 11 is 6.12. The fraction of sp³-hybridized carbons (Fsp3) is 0.667. The molecule has 1 aromatic heterocycles. The lowest BCUT2D eigenvalue weighted by molar-refractivity contribution is 0.246. The van der Waals surface area contributed by atoms with Gasteiger partial charge in [0.15, 0.2) is 5.82 Å². The van der Waals surface area contributed by atoms with Crippen LogP contribution in [0.4, 0.5) is 5.82 Å². The maximum Gasteiger partial charge on any atom is 0.318 e. The predicted octanol–water partition coefficient (Wildman–Crippen LogP) is 0.480. The van der Waals surface area contributed by atoms with E-state index in [2.05, 4.69) is 20.2 Å². The number of nitrogens with zero attached hydrogens (tertiary/aromatic N) is 4. The monoisotopic (exact) mass is 285 g/mol. The largest absolute Gasteiger partial charge is 0.467 e. The summed E-state index contributed by atoms with van der Waals surface area (Å²) in [6.07, 6.45) is 1.57. The maximum atomic E-state index is 6.12. The Labute approximate surface area is 118 Å². The Bertz CT molecular complexity index is 411. The van der Waals surface area contributed by atoms with E-state index in [-0.39, 0.29) is 0 Å². The third-order valence-corrected chi connectivity index (χ3v) is 3.48. The van der Waals surface area contributed by atoms with Crippen LogP contribution in [0.2, 0.25) is 5.02 Å². The number of rotatable bonds is 5. The Hall–Kier alpha value is -1.11. The molecule has 1 aliphatic rings. The van der Waals surface area contributed by atoms with Gasteiger partial charge in [-0.05, 0) is 0 Å². The summed E-state index contributed by atoms with van der Waals surface area (Å²) in [6.45, 7) is 6.18. The normalized spacial score (nSPS) is 16.4.